The summed E-state index contributed by atoms with van der Waals surface area (Å²) in [5, 5.41) is 3.06. The summed E-state index contributed by atoms with van der Waals surface area (Å²) in [6.07, 6.45) is 2.28. The molecule has 1 aromatic rings. The van der Waals surface area contributed by atoms with Gasteiger partial charge in [0, 0.05) is 12.6 Å². The number of hydrogen-bond acceptors (Lipinski definition) is 3. The number of amides is 1. The van der Waals surface area contributed by atoms with Crippen molar-refractivity contribution in [2.24, 2.45) is 11.7 Å². The minimum Gasteiger partial charge on any atom is -0.440 e. The van der Waals surface area contributed by atoms with Crippen LogP contribution in [-0.2, 0) is 0 Å². The molecule has 0 saturated heterocycles. The van der Waals surface area contributed by atoms with Crippen molar-refractivity contribution < 1.29 is 9.21 Å². The molecule has 1 aromatic heterocycles. The molecule has 1 heterocycles. The van der Waals surface area contributed by atoms with Crippen molar-refractivity contribution in [1.82, 2.24) is 5.32 Å². The summed E-state index contributed by atoms with van der Waals surface area (Å²) >= 11 is 5.58. The molecule has 1 atom stereocenters. The van der Waals surface area contributed by atoms with E-state index in [1.165, 1.54) is 0 Å². The van der Waals surface area contributed by atoms with Crippen molar-refractivity contribution in [2.45, 2.75) is 18.9 Å². The quantitative estimate of drug-likeness (QED) is 0.819. The fraction of sp³-hybridized carbons (Fsp3) is 0.500. The molecule has 0 aliphatic heterocycles. The smallest absolute Gasteiger partial charge is 0.287 e. The van der Waals surface area contributed by atoms with Crippen LogP contribution in [0.15, 0.2) is 16.5 Å². The van der Waals surface area contributed by atoms with E-state index in [-0.39, 0.29) is 22.9 Å². The van der Waals surface area contributed by atoms with Crippen molar-refractivity contribution in [2.75, 3.05) is 6.54 Å². The van der Waals surface area contributed by atoms with Gasteiger partial charge in [-0.3, -0.25) is 4.79 Å². The standard InChI is InChI=1S/C10H13ClN2O2/c11-9-4-3-8(15-9)10(14)13-7(5-12)6-1-2-6/h3-4,6-7H,1-2,5,12H2,(H,13,14). The molecule has 5 heteroatoms. The van der Waals surface area contributed by atoms with Crippen LogP contribution in [0.4, 0.5) is 0 Å². The van der Waals surface area contributed by atoms with Gasteiger partial charge in [0.25, 0.3) is 5.91 Å². The lowest BCUT2D eigenvalue weighted by Crippen LogP contribution is -2.41. The minimum atomic E-state index is -0.246. The van der Waals surface area contributed by atoms with Gasteiger partial charge >= 0.3 is 0 Å². The molecule has 1 saturated carbocycles. The van der Waals surface area contributed by atoms with Gasteiger partial charge in [0.15, 0.2) is 11.0 Å². The molecule has 0 bridgehead atoms. The van der Waals surface area contributed by atoms with Crippen LogP contribution in [0, 0.1) is 5.92 Å². The normalized spacial score (nSPS) is 17.5. The molecule has 1 aliphatic rings. The van der Waals surface area contributed by atoms with E-state index in [1.54, 1.807) is 12.1 Å². The van der Waals surface area contributed by atoms with E-state index in [9.17, 15) is 4.79 Å². The lowest BCUT2D eigenvalue weighted by atomic mass is 10.2. The first-order valence-corrected chi connectivity index (χ1v) is 5.35. The van der Waals surface area contributed by atoms with E-state index in [2.05, 4.69) is 5.32 Å². The van der Waals surface area contributed by atoms with Crippen LogP contribution >= 0.6 is 11.6 Å². The molecular weight excluding hydrogens is 216 g/mol. The van der Waals surface area contributed by atoms with Crippen molar-refractivity contribution >= 4 is 17.5 Å². The summed E-state index contributed by atoms with van der Waals surface area (Å²) in [5.74, 6) is 0.521. The lowest BCUT2D eigenvalue weighted by Gasteiger charge is -2.14. The average Bonchev–Trinajstić information content (AvgIpc) is 2.97. The van der Waals surface area contributed by atoms with Crippen molar-refractivity contribution in [3.05, 3.63) is 23.1 Å². The molecule has 1 unspecified atom stereocenters. The third-order valence-electron chi connectivity index (χ3n) is 2.56. The van der Waals surface area contributed by atoms with Gasteiger partial charge in [-0.05, 0) is 42.5 Å². The summed E-state index contributed by atoms with van der Waals surface area (Å²) in [6.45, 7) is 0.463. The van der Waals surface area contributed by atoms with Gasteiger partial charge in [-0.2, -0.15) is 0 Å². The molecule has 15 heavy (non-hydrogen) atoms. The number of nitrogens with two attached hydrogens (primary N) is 1. The topological polar surface area (TPSA) is 68.3 Å². The van der Waals surface area contributed by atoms with E-state index in [0.717, 1.165) is 12.8 Å². The molecule has 1 aliphatic carbocycles. The number of rotatable bonds is 4. The van der Waals surface area contributed by atoms with Crippen LogP contribution in [0.5, 0.6) is 0 Å². The summed E-state index contributed by atoms with van der Waals surface area (Å²) < 4.78 is 5.00. The van der Waals surface area contributed by atoms with Gasteiger partial charge in [0.1, 0.15) is 0 Å². The molecule has 3 N–H and O–H groups in total. The van der Waals surface area contributed by atoms with Crippen molar-refractivity contribution in [1.29, 1.82) is 0 Å². The second kappa shape index (κ2) is 4.24. The van der Waals surface area contributed by atoms with E-state index >= 15 is 0 Å². The molecule has 1 fully saturated rings. The highest BCUT2D eigenvalue weighted by atomic mass is 35.5. The number of hydrogen-bond donors (Lipinski definition) is 2. The SMILES string of the molecule is NCC(NC(=O)c1ccc(Cl)o1)C1CC1. The first kappa shape index (κ1) is 10.5. The van der Waals surface area contributed by atoms with E-state index in [4.69, 9.17) is 21.8 Å². The van der Waals surface area contributed by atoms with Gasteiger partial charge < -0.3 is 15.5 Å². The van der Waals surface area contributed by atoms with Crippen LogP contribution in [0.2, 0.25) is 5.22 Å². The number of carbonyl (C=O) groups excluding carboxylic acids is 1. The Morgan fingerprint density at radius 2 is 2.40 bits per heavy atom. The Bertz CT molecular complexity index is 360. The first-order valence-electron chi connectivity index (χ1n) is 4.97. The highest BCUT2D eigenvalue weighted by Crippen LogP contribution is 2.32. The maximum atomic E-state index is 11.6. The molecule has 1 amide bonds. The molecule has 0 aromatic carbocycles. The van der Waals surface area contributed by atoms with Crippen LogP contribution < -0.4 is 11.1 Å². The molecule has 82 valence electrons. The zero-order valence-corrected chi connectivity index (χ0v) is 8.96. The molecule has 4 nitrogen and oxygen atoms in total. The minimum absolute atomic E-state index is 0.0568. The number of nitrogens with one attached hydrogen (secondary N) is 1. The van der Waals surface area contributed by atoms with Crippen LogP contribution in [0.1, 0.15) is 23.4 Å². The Labute approximate surface area is 92.8 Å². The Kier molecular flexibility index (Phi) is 2.98. The predicted octanol–water partition coefficient (Wildman–Crippen LogP) is 1.40. The Hall–Kier alpha value is -1.00. The zero-order valence-electron chi connectivity index (χ0n) is 8.20. The third-order valence-corrected chi connectivity index (χ3v) is 2.76. The second-order valence-electron chi connectivity index (χ2n) is 3.76. The highest BCUT2D eigenvalue weighted by molar-refractivity contribution is 6.29. The van der Waals surface area contributed by atoms with Crippen molar-refractivity contribution in [3.8, 4) is 0 Å². The van der Waals surface area contributed by atoms with Gasteiger partial charge in [0.05, 0.1) is 0 Å². The van der Waals surface area contributed by atoms with Gasteiger partial charge in [-0.1, -0.05) is 0 Å². The van der Waals surface area contributed by atoms with E-state index in [1.807, 2.05) is 0 Å². The van der Waals surface area contributed by atoms with E-state index in [0.29, 0.717) is 12.5 Å². The van der Waals surface area contributed by atoms with E-state index < -0.39 is 0 Å². The van der Waals surface area contributed by atoms with Crippen LogP contribution in [0.3, 0.4) is 0 Å². The summed E-state index contributed by atoms with van der Waals surface area (Å²) in [7, 11) is 0. The largest absolute Gasteiger partial charge is 0.440 e. The monoisotopic (exact) mass is 228 g/mol. The van der Waals surface area contributed by atoms with Crippen LogP contribution in [0.25, 0.3) is 0 Å². The maximum Gasteiger partial charge on any atom is 0.287 e. The Morgan fingerprint density at radius 1 is 1.67 bits per heavy atom. The average molecular weight is 229 g/mol. The second-order valence-corrected chi connectivity index (χ2v) is 4.13. The molecule has 0 radical (unpaired) electrons. The number of carbonyl (C=O) groups is 1. The maximum absolute atomic E-state index is 11.6. The van der Waals surface area contributed by atoms with Gasteiger partial charge in [-0.15, -0.1) is 0 Å². The fourth-order valence-corrected chi connectivity index (χ4v) is 1.69. The molecule has 2 rings (SSSR count). The zero-order chi connectivity index (χ0) is 10.8. The summed E-state index contributed by atoms with van der Waals surface area (Å²) in [4.78, 5) is 11.6. The van der Waals surface area contributed by atoms with Gasteiger partial charge in [0.2, 0.25) is 0 Å². The first-order chi connectivity index (χ1) is 7.20. The fourth-order valence-electron chi connectivity index (χ4n) is 1.54. The number of halogens is 1. The third kappa shape index (κ3) is 2.52. The molecular formula is C10H13ClN2O2. The Balaban J connectivity index is 1.96. The Morgan fingerprint density at radius 3 is 2.87 bits per heavy atom. The summed E-state index contributed by atoms with van der Waals surface area (Å²) in [6, 6.07) is 3.16. The number of furan rings is 1. The lowest BCUT2D eigenvalue weighted by molar-refractivity contribution is 0.0905. The molecule has 0 spiro atoms. The summed E-state index contributed by atoms with van der Waals surface area (Å²) in [5.41, 5.74) is 5.57. The van der Waals surface area contributed by atoms with Gasteiger partial charge in [-0.25, -0.2) is 0 Å². The van der Waals surface area contributed by atoms with Crippen molar-refractivity contribution in [3.63, 3.8) is 0 Å². The highest BCUT2D eigenvalue weighted by Gasteiger charge is 2.31. The van der Waals surface area contributed by atoms with Crippen LogP contribution in [-0.4, -0.2) is 18.5 Å². The predicted molar refractivity (Wildman–Crippen MR) is 56.8 cm³/mol.